The second kappa shape index (κ2) is 15.8. The topological polar surface area (TPSA) is 8.17 Å². The van der Waals surface area contributed by atoms with Crippen molar-refractivity contribution in [2.45, 2.75) is 0 Å². The molecule has 1 heterocycles. The van der Waals surface area contributed by atoms with E-state index in [-0.39, 0.29) is 0 Å². The minimum absolute atomic E-state index is 1.09. The summed E-state index contributed by atoms with van der Waals surface area (Å²) in [6, 6.07) is 92.6. The Labute approximate surface area is 373 Å². The van der Waals surface area contributed by atoms with Gasteiger partial charge in [-0.3, -0.25) is 0 Å². The van der Waals surface area contributed by atoms with Crippen LogP contribution in [0, 0.1) is 0 Å². The fourth-order valence-electron chi connectivity index (χ4n) is 9.63. The summed E-state index contributed by atoms with van der Waals surface area (Å²) in [7, 11) is 0. The van der Waals surface area contributed by atoms with Crippen LogP contribution in [0.2, 0.25) is 0 Å². The van der Waals surface area contributed by atoms with E-state index in [1.54, 1.807) is 0 Å². The molecule has 0 radical (unpaired) electrons. The maximum Gasteiger partial charge on any atom is 0.0541 e. The minimum Gasteiger partial charge on any atom is -0.311 e. The number of fused-ring (bicyclic) bond motifs is 5. The van der Waals surface area contributed by atoms with Crippen LogP contribution in [-0.2, 0) is 0 Å². The summed E-state index contributed by atoms with van der Waals surface area (Å²) in [4.78, 5) is 2.36. The number of rotatable bonds is 8. The number of hydrogen-bond acceptors (Lipinski definition) is 1. The SMILES string of the molecule is c1ccc(-c2ccc(N(c3ccc(-c4ccccc4-n4c5ccccc5c5cc(-c6ccc7ccccc7c6)ccc54)cc3)c3ccc(-c4cccc5ccccc45)cc3)cc2)cc1. The van der Waals surface area contributed by atoms with Gasteiger partial charge in [-0.15, -0.1) is 0 Å². The van der Waals surface area contributed by atoms with Crippen LogP contribution in [0.25, 0.3) is 93.5 Å². The first-order valence-corrected chi connectivity index (χ1v) is 22.0. The van der Waals surface area contributed by atoms with Crippen molar-refractivity contribution < 1.29 is 0 Å². The fourth-order valence-corrected chi connectivity index (χ4v) is 9.63. The third-order valence-electron chi connectivity index (χ3n) is 12.8. The predicted molar refractivity (Wildman–Crippen MR) is 272 cm³/mol. The van der Waals surface area contributed by atoms with E-state index in [1.807, 2.05) is 0 Å². The van der Waals surface area contributed by atoms with E-state index < -0.39 is 0 Å². The first-order chi connectivity index (χ1) is 31.7. The third-order valence-corrected chi connectivity index (χ3v) is 12.8. The monoisotopic (exact) mass is 814 g/mol. The van der Waals surface area contributed by atoms with E-state index in [0.717, 1.165) is 28.3 Å². The number of benzene rings is 11. The summed E-state index contributed by atoms with van der Waals surface area (Å²) >= 11 is 0. The first kappa shape index (κ1) is 37.3. The van der Waals surface area contributed by atoms with Gasteiger partial charge < -0.3 is 9.47 Å². The highest BCUT2D eigenvalue weighted by molar-refractivity contribution is 6.11. The van der Waals surface area contributed by atoms with Crippen LogP contribution in [0.3, 0.4) is 0 Å². The zero-order valence-electron chi connectivity index (χ0n) is 35.1. The molecule has 0 amide bonds. The maximum absolute atomic E-state index is 2.44. The molecule has 0 aliphatic rings. The van der Waals surface area contributed by atoms with Gasteiger partial charge in [0.05, 0.1) is 16.7 Å². The van der Waals surface area contributed by atoms with Crippen LogP contribution in [0.1, 0.15) is 0 Å². The Bertz CT molecular complexity index is 3630. The van der Waals surface area contributed by atoms with Crippen LogP contribution >= 0.6 is 0 Å². The molecular formula is C62H42N2. The summed E-state index contributed by atoms with van der Waals surface area (Å²) in [5.74, 6) is 0. The summed E-state index contributed by atoms with van der Waals surface area (Å²) in [5.41, 5.74) is 16.4. The lowest BCUT2D eigenvalue weighted by Gasteiger charge is -2.26. The van der Waals surface area contributed by atoms with Gasteiger partial charge in [0.2, 0.25) is 0 Å². The Balaban J connectivity index is 0.937. The van der Waals surface area contributed by atoms with E-state index in [2.05, 4.69) is 264 Å². The van der Waals surface area contributed by atoms with E-state index in [1.165, 1.54) is 82.3 Å². The highest BCUT2D eigenvalue weighted by Crippen LogP contribution is 2.41. The van der Waals surface area contributed by atoms with Crippen molar-refractivity contribution in [1.29, 1.82) is 0 Å². The molecule has 0 bridgehead atoms. The quantitative estimate of drug-likeness (QED) is 0.148. The van der Waals surface area contributed by atoms with Gasteiger partial charge in [-0.25, -0.2) is 0 Å². The van der Waals surface area contributed by atoms with Crippen LogP contribution in [0.4, 0.5) is 17.1 Å². The van der Waals surface area contributed by atoms with Crippen molar-refractivity contribution in [1.82, 2.24) is 4.57 Å². The van der Waals surface area contributed by atoms with Crippen LogP contribution < -0.4 is 4.90 Å². The van der Waals surface area contributed by atoms with E-state index in [0.29, 0.717) is 0 Å². The first-order valence-electron chi connectivity index (χ1n) is 22.0. The lowest BCUT2D eigenvalue weighted by atomic mass is 9.98. The van der Waals surface area contributed by atoms with Crippen LogP contribution in [-0.4, -0.2) is 4.57 Å². The van der Waals surface area contributed by atoms with Gasteiger partial charge in [-0.1, -0.05) is 188 Å². The highest BCUT2D eigenvalue weighted by atomic mass is 15.1. The summed E-state index contributed by atoms with van der Waals surface area (Å²) < 4.78 is 2.44. The normalized spacial score (nSPS) is 11.4. The molecule has 0 fully saturated rings. The van der Waals surface area contributed by atoms with Gasteiger partial charge in [0.25, 0.3) is 0 Å². The number of aromatic nitrogens is 1. The number of para-hydroxylation sites is 2. The summed E-state index contributed by atoms with van der Waals surface area (Å²) in [5, 5.41) is 7.49. The molecule has 0 aliphatic carbocycles. The van der Waals surface area contributed by atoms with Crippen LogP contribution in [0.15, 0.2) is 255 Å². The molecule has 0 atom stereocenters. The molecule has 1 aromatic heterocycles. The lowest BCUT2D eigenvalue weighted by molar-refractivity contribution is 1.18. The van der Waals surface area contributed by atoms with Crippen molar-refractivity contribution >= 4 is 60.4 Å². The molecule has 300 valence electrons. The Morgan fingerprint density at radius 1 is 0.250 bits per heavy atom. The molecule has 0 N–H and O–H groups in total. The fraction of sp³-hybridized carbons (Fsp3) is 0. The molecule has 0 aliphatic heterocycles. The zero-order chi connectivity index (χ0) is 42.4. The van der Waals surface area contributed by atoms with Gasteiger partial charge in [-0.05, 0) is 127 Å². The molecule has 2 heteroatoms. The van der Waals surface area contributed by atoms with Crippen molar-refractivity contribution in [3.63, 3.8) is 0 Å². The molecule has 12 aromatic rings. The van der Waals surface area contributed by atoms with E-state index in [4.69, 9.17) is 0 Å². The third kappa shape index (κ3) is 6.61. The molecule has 11 aromatic carbocycles. The lowest BCUT2D eigenvalue weighted by Crippen LogP contribution is -2.09. The number of hydrogen-bond donors (Lipinski definition) is 0. The molecule has 0 saturated carbocycles. The van der Waals surface area contributed by atoms with Crippen molar-refractivity contribution in [2.75, 3.05) is 4.90 Å². The van der Waals surface area contributed by atoms with Crippen molar-refractivity contribution in [3.05, 3.63) is 255 Å². The standard InChI is InChI=1S/C62H42N2/c1-2-13-43(14-3-1)45-27-34-52(35-28-45)63(53-36-29-47(30-37-53)56-22-12-18-46-16-6-7-19-55(46)56)54-38-31-48(32-39-54)57-20-8-10-23-60(57)64-61-24-11-9-21-58(61)59-42-51(33-40-62(59)64)50-26-25-44-15-4-5-17-49(44)41-50/h1-42H. The Morgan fingerprint density at radius 2 is 0.734 bits per heavy atom. The van der Waals surface area contributed by atoms with Crippen LogP contribution in [0.5, 0.6) is 0 Å². The molecular weight excluding hydrogens is 773 g/mol. The summed E-state index contributed by atoms with van der Waals surface area (Å²) in [6.45, 7) is 0. The molecule has 0 spiro atoms. The average Bonchev–Trinajstić information content (AvgIpc) is 3.70. The van der Waals surface area contributed by atoms with Gasteiger partial charge in [0.15, 0.2) is 0 Å². The van der Waals surface area contributed by atoms with E-state index >= 15 is 0 Å². The molecule has 64 heavy (non-hydrogen) atoms. The van der Waals surface area contributed by atoms with Gasteiger partial charge >= 0.3 is 0 Å². The Morgan fingerprint density at radius 3 is 1.48 bits per heavy atom. The highest BCUT2D eigenvalue weighted by Gasteiger charge is 2.18. The smallest absolute Gasteiger partial charge is 0.0541 e. The van der Waals surface area contributed by atoms with E-state index in [9.17, 15) is 0 Å². The van der Waals surface area contributed by atoms with Crippen molar-refractivity contribution in [3.8, 4) is 50.2 Å². The number of nitrogens with zero attached hydrogens (tertiary/aromatic N) is 2. The van der Waals surface area contributed by atoms with Crippen molar-refractivity contribution in [2.24, 2.45) is 0 Å². The predicted octanol–water partition coefficient (Wildman–Crippen LogP) is 17.2. The molecule has 0 saturated heterocycles. The average molecular weight is 815 g/mol. The minimum atomic E-state index is 1.09. The Kier molecular flexibility index (Phi) is 9.20. The second-order valence-electron chi connectivity index (χ2n) is 16.5. The number of anilines is 3. The Hall–Kier alpha value is -8.46. The summed E-state index contributed by atoms with van der Waals surface area (Å²) in [6.07, 6.45) is 0. The second-order valence-corrected chi connectivity index (χ2v) is 16.5. The molecule has 12 rings (SSSR count). The van der Waals surface area contributed by atoms with Gasteiger partial charge in [-0.2, -0.15) is 0 Å². The molecule has 2 nitrogen and oxygen atoms in total. The molecule has 0 unspecified atom stereocenters. The maximum atomic E-state index is 2.44. The zero-order valence-corrected chi connectivity index (χ0v) is 35.1. The van der Waals surface area contributed by atoms with Gasteiger partial charge in [0, 0.05) is 33.4 Å². The largest absolute Gasteiger partial charge is 0.311 e. The van der Waals surface area contributed by atoms with Gasteiger partial charge in [0.1, 0.15) is 0 Å².